The fourth-order valence-corrected chi connectivity index (χ4v) is 2.08. The molecule has 0 unspecified atom stereocenters. The van der Waals surface area contributed by atoms with Gasteiger partial charge in [-0.05, 0) is 50.9 Å². The molecule has 94 valence electrons. The van der Waals surface area contributed by atoms with Crippen molar-refractivity contribution in [3.8, 4) is 11.5 Å². The van der Waals surface area contributed by atoms with Crippen LogP contribution in [0.5, 0.6) is 11.5 Å². The molecule has 1 aromatic rings. The summed E-state index contributed by atoms with van der Waals surface area (Å²) in [6, 6.07) is 7.89. The summed E-state index contributed by atoms with van der Waals surface area (Å²) in [4.78, 5) is 0. The molecule has 0 bridgehead atoms. The first-order valence-electron chi connectivity index (χ1n) is 6.45. The molecule has 0 radical (unpaired) electrons. The third kappa shape index (κ3) is 3.93. The number of hydrogen-bond acceptors (Lipinski definition) is 3. The number of nitrogens with one attached hydrogen (secondary N) is 1. The summed E-state index contributed by atoms with van der Waals surface area (Å²) >= 11 is 0. The highest BCUT2D eigenvalue weighted by molar-refractivity contribution is 5.32. The molecule has 0 saturated carbocycles. The van der Waals surface area contributed by atoms with Crippen molar-refractivity contribution in [2.75, 3.05) is 26.3 Å². The summed E-state index contributed by atoms with van der Waals surface area (Å²) < 4.78 is 11.3. The van der Waals surface area contributed by atoms with Crippen LogP contribution in [-0.4, -0.2) is 26.3 Å². The zero-order valence-electron chi connectivity index (χ0n) is 10.4. The second-order valence-electron chi connectivity index (χ2n) is 4.41. The zero-order chi connectivity index (χ0) is 11.9. The largest absolute Gasteiger partial charge is 0.494 e. The fraction of sp³-hybridized carbons (Fsp3) is 0.571. The first-order valence-corrected chi connectivity index (χ1v) is 6.45. The van der Waals surface area contributed by atoms with E-state index in [1.807, 2.05) is 31.2 Å². The molecule has 1 aromatic carbocycles. The highest BCUT2D eigenvalue weighted by Crippen LogP contribution is 2.21. The van der Waals surface area contributed by atoms with Gasteiger partial charge in [0.1, 0.15) is 11.5 Å². The smallest absolute Gasteiger partial charge is 0.122 e. The van der Waals surface area contributed by atoms with Crippen molar-refractivity contribution in [3.63, 3.8) is 0 Å². The Bertz CT molecular complexity index is 335. The third-order valence-corrected chi connectivity index (χ3v) is 3.06. The van der Waals surface area contributed by atoms with E-state index in [1.54, 1.807) is 0 Å². The van der Waals surface area contributed by atoms with Gasteiger partial charge in [0.15, 0.2) is 0 Å². The Hall–Kier alpha value is -1.22. The first kappa shape index (κ1) is 12.2. The van der Waals surface area contributed by atoms with E-state index in [1.165, 1.54) is 12.8 Å². The maximum Gasteiger partial charge on any atom is 0.122 e. The summed E-state index contributed by atoms with van der Waals surface area (Å²) in [7, 11) is 0. The van der Waals surface area contributed by atoms with Gasteiger partial charge in [0.05, 0.1) is 13.2 Å². The number of benzene rings is 1. The molecule has 0 spiro atoms. The SMILES string of the molecule is CCOc1cccc(OCC2CCNCC2)c1. The molecule has 1 N–H and O–H groups in total. The molecule has 1 aliphatic rings. The van der Waals surface area contributed by atoms with E-state index in [0.717, 1.165) is 31.2 Å². The predicted octanol–water partition coefficient (Wildman–Crippen LogP) is 2.46. The van der Waals surface area contributed by atoms with Crippen molar-refractivity contribution >= 4 is 0 Å². The molecule has 1 fully saturated rings. The minimum absolute atomic E-state index is 0.687. The summed E-state index contributed by atoms with van der Waals surface area (Å²) in [6.07, 6.45) is 2.43. The van der Waals surface area contributed by atoms with Gasteiger partial charge in [-0.1, -0.05) is 6.07 Å². The number of hydrogen-bond donors (Lipinski definition) is 1. The summed E-state index contributed by atoms with van der Waals surface area (Å²) in [5, 5.41) is 3.36. The molecule has 0 amide bonds. The van der Waals surface area contributed by atoms with Crippen LogP contribution >= 0.6 is 0 Å². The first-order chi connectivity index (χ1) is 8.38. The lowest BCUT2D eigenvalue weighted by molar-refractivity contribution is 0.214. The lowest BCUT2D eigenvalue weighted by atomic mass is 9.99. The molecule has 3 heteroatoms. The standard InChI is InChI=1S/C14H21NO2/c1-2-16-13-4-3-5-14(10-13)17-11-12-6-8-15-9-7-12/h3-5,10,12,15H,2,6-9,11H2,1H3. The summed E-state index contributed by atoms with van der Waals surface area (Å²) in [5.74, 6) is 2.48. The molecule has 1 aliphatic heterocycles. The topological polar surface area (TPSA) is 30.5 Å². The number of rotatable bonds is 5. The van der Waals surface area contributed by atoms with Crippen LogP contribution in [0.3, 0.4) is 0 Å². The van der Waals surface area contributed by atoms with Crippen molar-refractivity contribution in [2.45, 2.75) is 19.8 Å². The van der Waals surface area contributed by atoms with E-state index >= 15 is 0 Å². The van der Waals surface area contributed by atoms with Gasteiger partial charge in [-0.15, -0.1) is 0 Å². The van der Waals surface area contributed by atoms with Crippen LogP contribution in [0.2, 0.25) is 0 Å². The van der Waals surface area contributed by atoms with Gasteiger partial charge in [0, 0.05) is 6.07 Å². The third-order valence-electron chi connectivity index (χ3n) is 3.06. The maximum absolute atomic E-state index is 5.82. The van der Waals surface area contributed by atoms with Crippen LogP contribution in [-0.2, 0) is 0 Å². The minimum atomic E-state index is 0.687. The van der Waals surface area contributed by atoms with Crippen LogP contribution in [0.4, 0.5) is 0 Å². The van der Waals surface area contributed by atoms with Crippen molar-refractivity contribution < 1.29 is 9.47 Å². The van der Waals surface area contributed by atoms with Crippen LogP contribution in [0, 0.1) is 5.92 Å². The van der Waals surface area contributed by atoms with Gasteiger partial charge < -0.3 is 14.8 Å². The molecule has 2 rings (SSSR count). The lowest BCUT2D eigenvalue weighted by Gasteiger charge is -2.22. The van der Waals surface area contributed by atoms with Crippen LogP contribution < -0.4 is 14.8 Å². The van der Waals surface area contributed by atoms with E-state index in [9.17, 15) is 0 Å². The van der Waals surface area contributed by atoms with E-state index in [4.69, 9.17) is 9.47 Å². The van der Waals surface area contributed by atoms with E-state index in [2.05, 4.69) is 5.32 Å². The van der Waals surface area contributed by atoms with Gasteiger partial charge in [-0.25, -0.2) is 0 Å². The molecule has 0 aliphatic carbocycles. The molecular formula is C14H21NO2. The molecular weight excluding hydrogens is 214 g/mol. The van der Waals surface area contributed by atoms with Crippen LogP contribution in [0.15, 0.2) is 24.3 Å². The Morgan fingerprint density at radius 2 is 1.88 bits per heavy atom. The van der Waals surface area contributed by atoms with Gasteiger partial charge in [-0.2, -0.15) is 0 Å². The lowest BCUT2D eigenvalue weighted by Crippen LogP contribution is -2.30. The van der Waals surface area contributed by atoms with Crippen LogP contribution in [0.25, 0.3) is 0 Å². The fourth-order valence-electron chi connectivity index (χ4n) is 2.08. The normalized spacial score (nSPS) is 16.8. The Balaban J connectivity index is 1.83. The average Bonchev–Trinajstić information content (AvgIpc) is 2.39. The zero-order valence-corrected chi connectivity index (χ0v) is 10.4. The van der Waals surface area contributed by atoms with Crippen molar-refractivity contribution in [1.29, 1.82) is 0 Å². The van der Waals surface area contributed by atoms with E-state index in [0.29, 0.717) is 12.5 Å². The van der Waals surface area contributed by atoms with Gasteiger partial charge >= 0.3 is 0 Å². The highest BCUT2D eigenvalue weighted by Gasteiger charge is 2.13. The molecule has 3 nitrogen and oxygen atoms in total. The maximum atomic E-state index is 5.82. The second-order valence-corrected chi connectivity index (χ2v) is 4.41. The second kappa shape index (κ2) is 6.50. The molecule has 1 heterocycles. The molecule has 1 saturated heterocycles. The summed E-state index contributed by atoms with van der Waals surface area (Å²) in [6.45, 7) is 5.73. The van der Waals surface area contributed by atoms with E-state index in [-0.39, 0.29) is 0 Å². The minimum Gasteiger partial charge on any atom is -0.494 e. The average molecular weight is 235 g/mol. The summed E-state index contributed by atoms with van der Waals surface area (Å²) in [5.41, 5.74) is 0. The van der Waals surface area contributed by atoms with Gasteiger partial charge in [0.25, 0.3) is 0 Å². The Kier molecular flexibility index (Phi) is 4.68. The highest BCUT2D eigenvalue weighted by atomic mass is 16.5. The van der Waals surface area contributed by atoms with Gasteiger partial charge in [-0.3, -0.25) is 0 Å². The van der Waals surface area contributed by atoms with Crippen molar-refractivity contribution in [3.05, 3.63) is 24.3 Å². The van der Waals surface area contributed by atoms with Gasteiger partial charge in [0.2, 0.25) is 0 Å². The number of ether oxygens (including phenoxy) is 2. The quantitative estimate of drug-likeness (QED) is 0.850. The molecule has 17 heavy (non-hydrogen) atoms. The van der Waals surface area contributed by atoms with Crippen molar-refractivity contribution in [1.82, 2.24) is 5.32 Å². The molecule has 0 aromatic heterocycles. The molecule has 0 atom stereocenters. The predicted molar refractivity (Wildman–Crippen MR) is 68.7 cm³/mol. The Labute approximate surface area is 103 Å². The monoisotopic (exact) mass is 235 g/mol. The Morgan fingerprint density at radius 3 is 2.59 bits per heavy atom. The van der Waals surface area contributed by atoms with Crippen molar-refractivity contribution in [2.24, 2.45) is 5.92 Å². The van der Waals surface area contributed by atoms with Crippen LogP contribution in [0.1, 0.15) is 19.8 Å². The Morgan fingerprint density at radius 1 is 1.18 bits per heavy atom. The van der Waals surface area contributed by atoms with E-state index < -0.39 is 0 Å². The number of piperidine rings is 1.